The van der Waals surface area contributed by atoms with Gasteiger partial charge in [0.1, 0.15) is 6.04 Å². The van der Waals surface area contributed by atoms with Crippen molar-refractivity contribution in [2.45, 2.75) is 75.5 Å². The van der Waals surface area contributed by atoms with Crippen molar-refractivity contribution in [2.24, 2.45) is 5.92 Å². The number of nitrogens with one attached hydrogen (secondary N) is 1. The van der Waals surface area contributed by atoms with Crippen molar-refractivity contribution < 1.29 is 19.1 Å². The topological polar surface area (TPSA) is 103 Å². The summed E-state index contributed by atoms with van der Waals surface area (Å²) in [4.78, 5) is 40.9. The third kappa shape index (κ3) is 4.60. The van der Waals surface area contributed by atoms with E-state index in [4.69, 9.17) is 4.74 Å². The van der Waals surface area contributed by atoms with Crippen LogP contribution in [0, 0.1) is 17.2 Å². The van der Waals surface area contributed by atoms with Gasteiger partial charge in [-0.1, -0.05) is 12.1 Å². The number of hydrogen-bond acceptors (Lipinski definition) is 6. The molecule has 5 rings (SSSR count). The molecule has 1 aromatic carbocycles. The third-order valence-corrected chi connectivity index (χ3v) is 8.64. The summed E-state index contributed by atoms with van der Waals surface area (Å²) in [5, 5.41) is 12.6. The number of likely N-dealkylation sites (tertiary alicyclic amines) is 1. The molecular formula is C27H34N4O4. The molecule has 1 aliphatic carbocycles. The Labute approximate surface area is 206 Å². The summed E-state index contributed by atoms with van der Waals surface area (Å²) in [5.41, 5.74) is 1.88. The first kappa shape index (κ1) is 24.0. The highest BCUT2D eigenvalue weighted by molar-refractivity contribution is 6.05. The second-order valence-electron chi connectivity index (χ2n) is 10.6. The zero-order valence-electron chi connectivity index (χ0n) is 20.4. The molecule has 0 spiro atoms. The predicted molar refractivity (Wildman–Crippen MR) is 128 cm³/mol. The molecule has 0 bridgehead atoms. The van der Waals surface area contributed by atoms with Crippen molar-refractivity contribution >= 4 is 17.7 Å². The number of rotatable bonds is 5. The number of ether oxygens (including phenoxy) is 1. The van der Waals surface area contributed by atoms with Crippen LogP contribution in [0.4, 0.5) is 0 Å². The normalized spacial score (nSPS) is 29.0. The Hall–Kier alpha value is -2.76. The van der Waals surface area contributed by atoms with Crippen LogP contribution in [-0.2, 0) is 26.3 Å². The van der Waals surface area contributed by atoms with Crippen LogP contribution in [0.15, 0.2) is 18.2 Å². The predicted octanol–water partition coefficient (Wildman–Crippen LogP) is 2.51. The molecular weight excluding hydrogens is 444 g/mol. The lowest BCUT2D eigenvalue weighted by molar-refractivity contribution is -0.136. The Morgan fingerprint density at radius 1 is 1.11 bits per heavy atom. The number of piperidine rings is 2. The van der Waals surface area contributed by atoms with Crippen molar-refractivity contribution in [3.8, 4) is 6.07 Å². The minimum atomic E-state index is -0.622. The SMILES string of the molecule is CO[C@H]1CC[C@H](CN2CCC(C#N)(c3ccc4c(c3)CN(C3CCC(=O)NC3=O)C4=O)CC2)CC1. The van der Waals surface area contributed by atoms with E-state index in [9.17, 15) is 19.6 Å². The largest absolute Gasteiger partial charge is 0.381 e. The zero-order valence-corrected chi connectivity index (χ0v) is 20.4. The van der Waals surface area contributed by atoms with Crippen LogP contribution in [0.3, 0.4) is 0 Å². The second-order valence-corrected chi connectivity index (χ2v) is 10.6. The molecule has 1 unspecified atom stereocenters. The van der Waals surface area contributed by atoms with Crippen LogP contribution in [-0.4, -0.2) is 66.4 Å². The molecule has 0 aromatic heterocycles. The van der Waals surface area contributed by atoms with Crippen molar-refractivity contribution in [1.82, 2.24) is 15.1 Å². The lowest BCUT2D eigenvalue weighted by Gasteiger charge is -2.40. The minimum Gasteiger partial charge on any atom is -0.381 e. The summed E-state index contributed by atoms with van der Waals surface area (Å²) < 4.78 is 5.50. The second kappa shape index (κ2) is 9.71. The van der Waals surface area contributed by atoms with E-state index in [1.54, 1.807) is 12.0 Å². The van der Waals surface area contributed by atoms with E-state index in [-0.39, 0.29) is 18.2 Å². The number of imide groups is 1. The zero-order chi connectivity index (χ0) is 24.6. The van der Waals surface area contributed by atoms with Gasteiger partial charge >= 0.3 is 0 Å². The van der Waals surface area contributed by atoms with Gasteiger partial charge in [-0.15, -0.1) is 0 Å². The summed E-state index contributed by atoms with van der Waals surface area (Å²) in [6.07, 6.45) is 7.26. The van der Waals surface area contributed by atoms with Crippen LogP contribution >= 0.6 is 0 Å². The van der Waals surface area contributed by atoms with Crippen molar-refractivity contribution in [2.75, 3.05) is 26.7 Å². The quantitative estimate of drug-likeness (QED) is 0.653. The Bertz CT molecular complexity index is 1050. The third-order valence-electron chi connectivity index (χ3n) is 8.64. The van der Waals surface area contributed by atoms with Gasteiger partial charge in [0.15, 0.2) is 0 Å². The summed E-state index contributed by atoms with van der Waals surface area (Å²) in [7, 11) is 1.80. The Morgan fingerprint density at radius 3 is 2.51 bits per heavy atom. The van der Waals surface area contributed by atoms with E-state index in [1.165, 1.54) is 12.8 Å². The number of nitriles is 1. The number of carbonyl (C=O) groups excluding carboxylic acids is 3. The summed E-state index contributed by atoms with van der Waals surface area (Å²) in [6, 6.07) is 7.74. The number of nitrogens with zero attached hydrogens (tertiary/aromatic N) is 3. The van der Waals surface area contributed by atoms with Crippen LogP contribution in [0.1, 0.15) is 72.9 Å². The maximum atomic E-state index is 13.0. The van der Waals surface area contributed by atoms with E-state index in [0.29, 0.717) is 30.6 Å². The van der Waals surface area contributed by atoms with Crippen molar-refractivity contribution in [3.63, 3.8) is 0 Å². The highest BCUT2D eigenvalue weighted by Crippen LogP contribution is 2.38. The molecule has 2 saturated heterocycles. The van der Waals surface area contributed by atoms with Gasteiger partial charge in [0, 0.05) is 32.2 Å². The Balaban J connectivity index is 1.24. The first-order valence-electron chi connectivity index (χ1n) is 12.9. The standard InChI is InChI=1S/C27H34N4O4/c1-35-21-5-2-18(3-6-21)15-30-12-10-27(17-28,11-13-30)20-4-7-22-19(14-20)16-31(26(22)34)23-8-9-24(32)29-25(23)33/h4,7,14,18,21,23H,2-3,5-6,8-13,15-16H2,1H3,(H,29,32,33)/t18-,21-,23?. The van der Waals surface area contributed by atoms with E-state index in [1.807, 2.05) is 18.2 Å². The van der Waals surface area contributed by atoms with Gasteiger partial charge in [-0.2, -0.15) is 5.26 Å². The molecule has 3 aliphatic heterocycles. The summed E-state index contributed by atoms with van der Waals surface area (Å²) in [6.45, 7) is 3.23. The van der Waals surface area contributed by atoms with E-state index in [2.05, 4.69) is 16.3 Å². The maximum Gasteiger partial charge on any atom is 0.255 e. The smallest absolute Gasteiger partial charge is 0.255 e. The average Bonchev–Trinajstić information content (AvgIpc) is 3.20. The number of methoxy groups -OCH3 is 1. The molecule has 3 fully saturated rings. The fourth-order valence-electron chi connectivity index (χ4n) is 6.37. The molecule has 8 heteroatoms. The number of fused-ring (bicyclic) bond motifs is 1. The molecule has 1 saturated carbocycles. The van der Waals surface area contributed by atoms with Gasteiger partial charge < -0.3 is 14.5 Å². The van der Waals surface area contributed by atoms with E-state index >= 15 is 0 Å². The number of hydrogen-bond donors (Lipinski definition) is 1. The summed E-state index contributed by atoms with van der Waals surface area (Å²) >= 11 is 0. The molecule has 186 valence electrons. The lowest BCUT2D eigenvalue weighted by atomic mass is 9.73. The van der Waals surface area contributed by atoms with Crippen LogP contribution < -0.4 is 5.32 Å². The van der Waals surface area contributed by atoms with Gasteiger partial charge in [-0.3, -0.25) is 19.7 Å². The van der Waals surface area contributed by atoms with Crippen molar-refractivity contribution in [3.05, 3.63) is 34.9 Å². The molecule has 35 heavy (non-hydrogen) atoms. The van der Waals surface area contributed by atoms with E-state index < -0.39 is 17.4 Å². The van der Waals surface area contributed by atoms with Crippen LogP contribution in [0.5, 0.6) is 0 Å². The number of benzene rings is 1. The Kier molecular flexibility index (Phi) is 6.65. The lowest BCUT2D eigenvalue weighted by Crippen LogP contribution is -2.52. The van der Waals surface area contributed by atoms with Crippen LogP contribution in [0.2, 0.25) is 0 Å². The first-order valence-corrected chi connectivity index (χ1v) is 12.9. The molecule has 1 atom stereocenters. The highest BCUT2D eigenvalue weighted by atomic mass is 16.5. The van der Waals surface area contributed by atoms with Crippen molar-refractivity contribution in [1.29, 1.82) is 5.26 Å². The van der Waals surface area contributed by atoms with E-state index in [0.717, 1.165) is 56.4 Å². The summed E-state index contributed by atoms with van der Waals surface area (Å²) in [5.74, 6) is -0.160. The average molecular weight is 479 g/mol. The molecule has 1 N–H and O–H groups in total. The molecule has 8 nitrogen and oxygen atoms in total. The molecule has 3 amide bonds. The van der Waals surface area contributed by atoms with Crippen LogP contribution in [0.25, 0.3) is 0 Å². The number of amides is 3. The molecule has 0 radical (unpaired) electrons. The molecule has 3 heterocycles. The minimum absolute atomic E-state index is 0.176. The van der Waals surface area contributed by atoms with Gasteiger partial charge in [-0.25, -0.2) is 0 Å². The fourth-order valence-corrected chi connectivity index (χ4v) is 6.37. The van der Waals surface area contributed by atoms with Gasteiger partial charge in [0.2, 0.25) is 11.8 Å². The maximum absolute atomic E-state index is 13.0. The fraction of sp³-hybridized carbons (Fsp3) is 0.630. The highest BCUT2D eigenvalue weighted by Gasteiger charge is 2.41. The first-order chi connectivity index (χ1) is 16.9. The van der Waals surface area contributed by atoms with Gasteiger partial charge in [-0.05, 0) is 81.1 Å². The Morgan fingerprint density at radius 2 is 1.86 bits per heavy atom. The number of carbonyl (C=O) groups is 3. The molecule has 4 aliphatic rings. The van der Waals surface area contributed by atoms with Gasteiger partial charge in [0.05, 0.1) is 17.6 Å². The monoisotopic (exact) mass is 478 g/mol. The van der Waals surface area contributed by atoms with Gasteiger partial charge in [0.25, 0.3) is 5.91 Å². The molecule has 1 aromatic rings.